The Morgan fingerprint density at radius 3 is 2.37 bits per heavy atom. The summed E-state index contributed by atoms with van der Waals surface area (Å²) in [5.74, 6) is 0.163. The Morgan fingerprint density at radius 1 is 0.745 bits per heavy atom. The first-order valence-electron chi connectivity index (χ1n) is 20.3. The number of carbonyl (C=O) groups excluding carboxylic acids is 1. The van der Waals surface area contributed by atoms with Crippen LogP contribution in [-0.2, 0) is 47.4 Å². The summed E-state index contributed by atoms with van der Waals surface area (Å²) >= 11 is 0. The summed E-state index contributed by atoms with van der Waals surface area (Å²) in [6.07, 6.45) is 8.78. The van der Waals surface area contributed by atoms with E-state index in [1.54, 1.807) is 0 Å². The zero-order chi connectivity index (χ0) is 34.8. The van der Waals surface area contributed by atoms with Gasteiger partial charge in [-0.1, -0.05) is 27.0 Å². The number of carbonyl (C=O) groups is 1. The Kier molecular flexibility index (Phi) is 8.52. The second-order valence-corrected chi connectivity index (χ2v) is 18.3. The standard InChI is InChI=1S/C41H58O10/c1-20-12-25-6-8-30-21(2)13-27(44-30)10-11-41-19-40(5)39(51-41)38-37(49-40)36(50-41)35-31(48-38)9-7-26(46-35)14-24(42)15-29-23(4)32(16-28-18-43-28)47-34(29)17-33(45-25)22(20)3/h20,23,25-39H,2-3,6-19H2,1,4-5H3/t20-,23-,25?,26?,27?,28+,29-,30+,31+,32-,33-,34?,35+,36+,37+,38-,39?,40-,41-/m1/s1. The number of hydrogen-bond acceptors (Lipinski definition) is 10. The van der Waals surface area contributed by atoms with Gasteiger partial charge in [-0.15, -0.1) is 0 Å². The van der Waals surface area contributed by atoms with E-state index in [2.05, 4.69) is 33.9 Å². The molecular formula is C41H58O10. The Bertz CT molecular complexity index is 1410. The van der Waals surface area contributed by atoms with Crippen molar-refractivity contribution in [2.45, 2.75) is 201 Å². The highest BCUT2D eigenvalue weighted by Gasteiger charge is 2.73. The van der Waals surface area contributed by atoms with Crippen LogP contribution in [0.25, 0.3) is 0 Å². The average Bonchev–Trinajstić information content (AvgIpc) is 3.65. The van der Waals surface area contributed by atoms with Gasteiger partial charge in [-0.05, 0) is 80.8 Å². The van der Waals surface area contributed by atoms with Crippen LogP contribution in [0.1, 0.15) is 104 Å². The third-order valence-corrected chi connectivity index (χ3v) is 14.7. The van der Waals surface area contributed by atoms with Crippen LogP contribution in [0.2, 0.25) is 0 Å². The SMILES string of the molecule is C=C1CC2CC[C@@]34C[C@@]5(C)O[C@H]6[C@@H](O3)[C@H]3OC(CC[C@@H]3O[C@H]6C5O4)CC(=O)C[C@H]3C(C[C@H]4OC(CC[C@@H]1O2)C[C@@H](C)C4=C)O[C@H](C[C@H]1CO1)[C@@H]3C. The second kappa shape index (κ2) is 12.7. The maximum absolute atomic E-state index is 14.0. The minimum absolute atomic E-state index is 0.0227. The van der Waals surface area contributed by atoms with E-state index in [-0.39, 0.29) is 103 Å². The summed E-state index contributed by atoms with van der Waals surface area (Å²) in [7, 11) is 0. The molecule has 11 saturated heterocycles. The fraction of sp³-hybridized carbons (Fsp3) is 0.878. The van der Waals surface area contributed by atoms with Crippen molar-refractivity contribution >= 4 is 5.78 Å². The minimum atomic E-state index is -0.781. The molecule has 19 atom stereocenters. The van der Waals surface area contributed by atoms with Gasteiger partial charge in [0.1, 0.15) is 41.9 Å². The van der Waals surface area contributed by atoms with E-state index >= 15 is 0 Å². The maximum atomic E-state index is 14.0. The lowest BCUT2D eigenvalue weighted by molar-refractivity contribution is -0.294. The van der Waals surface area contributed by atoms with Gasteiger partial charge in [0.25, 0.3) is 0 Å². The van der Waals surface area contributed by atoms with Crippen molar-refractivity contribution in [3.8, 4) is 0 Å². The molecule has 0 aliphatic carbocycles. The molecule has 11 rings (SSSR count). The molecule has 10 heteroatoms. The molecule has 1 spiro atoms. The second-order valence-electron chi connectivity index (χ2n) is 18.3. The molecule has 10 nitrogen and oxygen atoms in total. The van der Waals surface area contributed by atoms with E-state index in [1.165, 1.54) is 5.57 Å². The molecule has 0 N–H and O–H groups in total. The third-order valence-electron chi connectivity index (χ3n) is 14.7. The summed E-state index contributed by atoms with van der Waals surface area (Å²) in [6.45, 7) is 16.5. The summed E-state index contributed by atoms with van der Waals surface area (Å²) in [4.78, 5) is 14.0. The summed E-state index contributed by atoms with van der Waals surface area (Å²) in [5.41, 5.74) is 1.85. The molecule has 0 amide bonds. The highest BCUT2D eigenvalue weighted by atomic mass is 16.8. The van der Waals surface area contributed by atoms with Crippen molar-refractivity contribution in [3.63, 3.8) is 0 Å². The molecule has 0 radical (unpaired) electrons. The highest BCUT2D eigenvalue weighted by molar-refractivity contribution is 5.79. The normalized spacial score (nSPS) is 56.5. The van der Waals surface area contributed by atoms with Crippen molar-refractivity contribution < 1.29 is 47.4 Å². The summed E-state index contributed by atoms with van der Waals surface area (Å²) in [6, 6.07) is 0. The molecule has 51 heavy (non-hydrogen) atoms. The van der Waals surface area contributed by atoms with E-state index in [0.717, 1.165) is 70.0 Å². The number of rotatable bonds is 2. The lowest BCUT2D eigenvalue weighted by Gasteiger charge is -2.47. The largest absolute Gasteiger partial charge is 0.374 e. The Labute approximate surface area is 302 Å². The average molecular weight is 711 g/mol. The number of ether oxygens (including phenoxy) is 9. The molecule has 0 saturated carbocycles. The van der Waals surface area contributed by atoms with Crippen molar-refractivity contribution in [2.75, 3.05) is 6.61 Å². The van der Waals surface area contributed by atoms with Gasteiger partial charge in [-0.25, -0.2) is 0 Å². The van der Waals surface area contributed by atoms with E-state index in [0.29, 0.717) is 31.6 Å². The van der Waals surface area contributed by atoms with E-state index in [9.17, 15) is 4.79 Å². The number of hydrogen-bond donors (Lipinski definition) is 0. The van der Waals surface area contributed by atoms with Crippen LogP contribution in [0.15, 0.2) is 24.3 Å². The third kappa shape index (κ3) is 6.06. The lowest BCUT2D eigenvalue weighted by Crippen LogP contribution is -2.61. The first-order chi connectivity index (χ1) is 24.5. The molecule has 11 heterocycles. The number of epoxide rings is 1. The number of ketones is 1. The smallest absolute Gasteiger partial charge is 0.172 e. The van der Waals surface area contributed by atoms with Crippen LogP contribution in [0.3, 0.4) is 0 Å². The van der Waals surface area contributed by atoms with Crippen LogP contribution >= 0.6 is 0 Å². The molecule has 11 aliphatic heterocycles. The first-order valence-corrected chi connectivity index (χ1v) is 20.3. The monoisotopic (exact) mass is 710 g/mol. The molecule has 0 aromatic carbocycles. The van der Waals surface area contributed by atoms with Crippen LogP contribution in [0.4, 0.5) is 0 Å². The molecule has 5 unspecified atom stereocenters. The van der Waals surface area contributed by atoms with Gasteiger partial charge < -0.3 is 42.6 Å². The van der Waals surface area contributed by atoms with Crippen LogP contribution in [0.5, 0.6) is 0 Å². The lowest BCUT2D eigenvalue weighted by atomic mass is 9.79. The maximum Gasteiger partial charge on any atom is 0.172 e. The van der Waals surface area contributed by atoms with Gasteiger partial charge in [0, 0.05) is 38.5 Å². The van der Waals surface area contributed by atoms with Gasteiger partial charge in [-0.2, -0.15) is 0 Å². The molecule has 11 aliphatic rings. The summed E-state index contributed by atoms with van der Waals surface area (Å²) in [5, 5.41) is 0. The van der Waals surface area contributed by atoms with Gasteiger partial charge >= 0.3 is 0 Å². The Hall–Kier alpha value is -1.21. The number of fused-ring (bicyclic) bond motifs is 6. The van der Waals surface area contributed by atoms with Crippen LogP contribution in [0, 0.1) is 17.8 Å². The molecule has 0 aromatic rings. The van der Waals surface area contributed by atoms with Crippen LogP contribution < -0.4 is 0 Å². The quantitative estimate of drug-likeness (QED) is 0.269. The van der Waals surface area contributed by atoms with Crippen molar-refractivity contribution in [1.82, 2.24) is 0 Å². The number of Topliss-reactive ketones (excluding diaryl/α,β-unsaturated/α-hetero) is 1. The molecule has 282 valence electrons. The van der Waals surface area contributed by atoms with Crippen LogP contribution in [-0.4, -0.2) is 109 Å². The first kappa shape index (κ1) is 34.3. The molecule has 11 fully saturated rings. The van der Waals surface area contributed by atoms with E-state index < -0.39 is 11.4 Å². The van der Waals surface area contributed by atoms with Gasteiger partial charge in [0.05, 0.1) is 61.5 Å². The topological polar surface area (TPSA) is 103 Å². The van der Waals surface area contributed by atoms with Crippen molar-refractivity contribution in [1.29, 1.82) is 0 Å². The molecule has 0 aromatic heterocycles. The predicted octanol–water partition coefficient (Wildman–Crippen LogP) is 5.53. The zero-order valence-corrected chi connectivity index (χ0v) is 30.7. The Morgan fingerprint density at radius 2 is 1.53 bits per heavy atom. The fourth-order valence-electron chi connectivity index (χ4n) is 11.8. The van der Waals surface area contributed by atoms with Gasteiger partial charge in [0.15, 0.2) is 5.79 Å². The molecule has 12 bridgehead atoms. The van der Waals surface area contributed by atoms with E-state index in [1.807, 2.05) is 0 Å². The fourth-order valence-corrected chi connectivity index (χ4v) is 11.8. The Balaban J connectivity index is 0.932. The zero-order valence-electron chi connectivity index (χ0n) is 30.7. The van der Waals surface area contributed by atoms with Crippen molar-refractivity contribution in [2.24, 2.45) is 17.8 Å². The molecular weight excluding hydrogens is 652 g/mol. The minimum Gasteiger partial charge on any atom is -0.374 e. The predicted molar refractivity (Wildman–Crippen MR) is 184 cm³/mol. The summed E-state index contributed by atoms with van der Waals surface area (Å²) < 4.78 is 60.4. The van der Waals surface area contributed by atoms with Gasteiger partial charge in [-0.3, -0.25) is 4.79 Å². The highest BCUT2D eigenvalue weighted by Crippen LogP contribution is 2.58. The van der Waals surface area contributed by atoms with Crippen molar-refractivity contribution in [3.05, 3.63) is 24.3 Å². The van der Waals surface area contributed by atoms with E-state index in [4.69, 9.17) is 42.6 Å². The van der Waals surface area contributed by atoms with Gasteiger partial charge in [0.2, 0.25) is 0 Å².